The molecule has 0 amide bonds. The maximum absolute atomic E-state index is 4.59. The third-order valence-corrected chi connectivity index (χ3v) is 4.07. The van der Waals surface area contributed by atoms with Gasteiger partial charge in [0.1, 0.15) is 5.82 Å². The van der Waals surface area contributed by atoms with Gasteiger partial charge < -0.3 is 5.32 Å². The fourth-order valence-corrected chi connectivity index (χ4v) is 3.12. The summed E-state index contributed by atoms with van der Waals surface area (Å²) in [5.41, 5.74) is 3.31. The second-order valence-electron chi connectivity index (χ2n) is 4.84. The van der Waals surface area contributed by atoms with E-state index >= 15 is 0 Å². The van der Waals surface area contributed by atoms with E-state index in [4.69, 9.17) is 0 Å². The first-order chi connectivity index (χ1) is 9.63. The molecule has 3 rings (SSSR count). The van der Waals surface area contributed by atoms with Gasteiger partial charge in [0.05, 0.1) is 17.1 Å². The molecule has 0 radical (unpaired) electrons. The molecule has 0 aliphatic rings. The fraction of sp³-hybridized carbons (Fsp3) is 0.357. The summed E-state index contributed by atoms with van der Waals surface area (Å²) in [5, 5.41) is 3.43. The molecule has 0 aliphatic carbocycles. The predicted molar refractivity (Wildman–Crippen MR) is 79.9 cm³/mol. The highest BCUT2D eigenvalue weighted by Crippen LogP contribution is 2.20. The summed E-state index contributed by atoms with van der Waals surface area (Å²) >= 11 is 1.72. The van der Waals surface area contributed by atoms with Crippen molar-refractivity contribution < 1.29 is 0 Å². The molecule has 20 heavy (non-hydrogen) atoms. The quantitative estimate of drug-likeness (QED) is 0.800. The lowest BCUT2D eigenvalue weighted by Gasteiger charge is -2.05. The van der Waals surface area contributed by atoms with Gasteiger partial charge in [-0.3, -0.25) is 4.40 Å². The summed E-state index contributed by atoms with van der Waals surface area (Å²) in [5.74, 6) is 0.806. The molecule has 6 heteroatoms. The molecule has 0 saturated carbocycles. The van der Waals surface area contributed by atoms with Gasteiger partial charge in [-0.1, -0.05) is 0 Å². The Hall–Kier alpha value is -1.79. The van der Waals surface area contributed by atoms with E-state index < -0.39 is 0 Å². The number of nitrogens with one attached hydrogen (secondary N) is 1. The Labute approximate surface area is 121 Å². The molecular weight excluding hydrogens is 270 g/mol. The van der Waals surface area contributed by atoms with Crippen molar-refractivity contribution in [1.82, 2.24) is 24.7 Å². The average molecular weight is 287 g/mol. The molecule has 1 N–H and O–H groups in total. The van der Waals surface area contributed by atoms with Gasteiger partial charge in [0.15, 0.2) is 4.96 Å². The van der Waals surface area contributed by atoms with Gasteiger partial charge in [0.25, 0.3) is 0 Å². The van der Waals surface area contributed by atoms with Crippen LogP contribution in [0.1, 0.15) is 27.8 Å². The van der Waals surface area contributed by atoms with Crippen molar-refractivity contribution in [2.45, 2.75) is 33.9 Å². The van der Waals surface area contributed by atoms with Gasteiger partial charge in [-0.15, -0.1) is 11.3 Å². The first-order valence-corrected chi connectivity index (χ1v) is 7.38. The van der Waals surface area contributed by atoms with E-state index in [1.807, 2.05) is 13.0 Å². The number of thiazole rings is 1. The van der Waals surface area contributed by atoms with E-state index in [-0.39, 0.29) is 0 Å². The maximum atomic E-state index is 4.59. The Morgan fingerprint density at radius 3 is 2.85 bits per heavy atom. The van der Waals surface area contributed by atoms with Gasteiger partial charge in [0.2, 0.25) is 0 Å². The van der Waals surface area contributed by atoms with Crippen molar-refractivity contribution in [2.24, 2.45) is 0 Å². The van der Waals surface area contributed by atoms with Crippen LogP contribution in [0.5, 0.6) is 0 Å². The van der Waals surface area contributed by atoms with E-state index in [2.05, 4.69) is 44.7 Å². The van der Waals surface area contributed by atoms with Crippen LogP contribution in [0.2, 0.25) is 0 Å². The van der Waals surface area contributed by atoms with Gasteiger partial charge in [-0.05, 0) is 26.8 Å². The molecule has 3 heterocycles. The van der Waals surface area contributed by atoms with Gasteiger partial charge in [-0.25, -0.2) is 15.0 Å². The summed E-state index contributed by atoms with van der Waals surface area (Å²) in [6, 6.07) is 1.94. The molecule has 104 valence electrons. The summed E-state index contributed by atoms with van der Waals surface area (Å²) in [6.07, 6.45) is 3.94. The maximum Gasteiger partial charge on any atom is 0.194 e. The van der Waals surface area contributed by atoms with Crippen molar-refractivity contribution in [1.29, 1.82) is 0 Å². The van der Waals surface area contributed by atoms with E-state index in [9.17, 15) is 0 Å². The second kappa shape index (κ2) is 5.30. The Morgan fingerprint density at radius 2 is 2.05 bits per heavy atom. The van der Waals surface area contributed by atoms with Gasteiger partial charge in [-0.2, -0.15) is 0 Å². The number of rotatable bonds is 4. The minimum Gasteiger partial charge on any atom is -0.305 e. The molecule has 3 aromatic heterocycles. The van der Waals surface area contributed by atoms with Gasteiger partial charge >= 0.3 is 0 Å². The number of hydrogen-bond acceptors (Lipinski definition) is 5. The van der Waals surface area contributed by atoms with Crippen LogP contribution in [0.15, 0.2) is 18.5 Å². The predicted octanol–water partition coefficient (Wildman–Crippen LogP) is 2.40. The smallest absolute Gasteiger partial charge is 0.194 e. The van der Waals surface area contributed by atoms with Crippen LogP contribution in [0.25, 0.3) is 4.96 Å². The summed E-state index contributed by atoms with van der Waals surface area (Å²) in [6.45, 7) is 7.59. The van der Waals surface area contributed by atoms with Crippen molar-refractivity contribution in [3.05, 3.63) is 46.2 Å². The zero-order valence-electron chi connectivity index (χ0n) is 11.8. The zero-order chi connectivity index (χ0) is 14.1. The SMILES string of the molecule is Cc1nccc(CNCc2c(C)nc3sc(C)cn23)n1. The highest BCUT2D eigenvalue weighted by molar-refractivity contribution is 7.17. The average Bonchev–Trinajstić information content (AvgIpc) is 2.87. The van der Waals surface area contributed by atoms with Crippen molar-refractivity contribution in [3.63, 3.8) is 0 Å². The topological polar surface area (TPSA) is 55.1 Å². The molecule has 0 aliphatic heterocycles. The third kappa shape index (κ3) is 2.57. The van der Waals surface area contributed by atoms with Crippen LogP contribution in [0.4, 0.5) is 0 Å². The molecular formula is C14H17N5S. The summed E-state index contributed by atoms with van der Waals surface area (Å²) in [4.78, 5) is 15.4. The Morgan fingerprint density at radius 1 is 1.20 bits per heavy atom. The van der Waals surface area contributed by atoms with Crippen LogP contribution in [0.3, 0.4) is 0 Å². The second-order valence-corrected chi connectivity index (χ2v) is 6.05. The molecule has 0 unspecified atom stereocenters. The van der Waals surface area contributed by atoms with Crippen LogP contribution >= 0.6 is 11.3 Å². The van der Waals surface area contributed by atoms with Crippen molar-refractivity contribution in [2.75, 3.05) is 0 Å². The lowest BCUT2D eigenvalue weighted by atomic mass is 10.3. The van der Waals surface area contributed by atoms with Crippen LogP contribution in [0, 0.1) is 20.8 Å². The van der Waals surface area contributed by atoms with E-state index in [1.54, 1.807) is 17.5 Å². The molecule has 0 saturated heterocycles. The number of fused-ring (bicyclic) bond motifs is 1. The fourth-order valence-electron chi connectivity index (χ4n) is 2.23. The number of nitrogens with zero attached hydrogens (tertiary/aromatic N) is 4. The number of hydrogen-bond donors (Lipinski definition) is 1. The molecule has 0 fully saturated rings. The highest BCUT2D eigenvalue weighted by atomic mass is 32.1. The third-order valence-electron chi connectivity index (χ3n) is 3.17. The minimum atomic E-state index is 0.735. The van der Waals surface area contributed by atoms with Crippen LogP contribution in [-0.4, -0.2) is 19.4 Å². The minimum absolute atomic E-state index is 0.735. The molecule has 3 aromatic rings. The Kier molecular flexibility index (Phi) is 3.50. The molecule has 0 atom stereocenters. The van der Waals surface area contributed by atoms with Crippen molar-refractivity contribution >= 4 is 16.3 Å². The van der Waals surface area contributed by atoms with E-state index in [1.165, 1.54) is 10.6 Å². The van der Waals surface area contributed by atoms with Crippen molar-refractivity contribution in [3.8, 4) is 0 Å². The first-order valence-electron chi connectivity index (χ1n) is 6.56. The molecule has 0 aromatic carbocycles. The summed E-state index contributed by atoms with van der Waals surface area (Å²) < 4.78 is 2.17. The highest BCUT2D eigenvalue weighted by Gasteiger charge is 2.10. The standard InChI is InChI=1S/C14H17N5S/c1-9-8-19-13(10(2)17-14(19)20-9)7-15-6-12-4-5-16-11(3)18-12/h4-5,8,15H,6-7H2,1-3H3. The first kappa shape index (κ1) is 13.2. The number of aromatic nitrogens is 4. The lowest BCUT2D eigenvalue weighted by molar-refractivity contribution is 0.657. The number of aryl methyl sites for hydroxylation is 3. The Bertz CT molecular complexity index is 743. The van der Waals surface area contributed by atoms with Crippen LogP contribution < -0.4 is 5.32 Å². The van der Waals surface area contributed by atoms with Gasteiger partial charge in [0, 0.05) is 30.4 Å². The zero-order valence-corrected chi connectivity index (χ0v) is 12.7. The summed E-state index contributed by atoms with van der Waals surface area (Å²) in [7, 11) is 0. The molecule has 0 bridgehead atoms. The normalized spacial score (nSPS) is 11.3. The monoisotopic (exact) mass is 287 g/mol. The number of imidazole rings is 1. The largest absolute Gasteiger partial charge is 0.305 e. The molecule has 0 spiro atoms. The van der Waals surface area contributed by atoms with E-state index in [0.29, 0.717) is 0 Å². The molecule has 5 nitrogen and oxygen atoms in total. The Balaban J connectivity index is 1.72. The van der Waals surface area contributed by atoms with Crippen LogP contribution in [-0.2, 0) is 13.1 Å². The lowest BCUT2D eigenvalue weighted by Crippen LogP contribution is -2.16. The van der Waals surface area contributed by atoms with E-state index in [0.717, 1.165) is 35.3 Å².